The number of hydrogen-bond acceptors (Lipinski definition) is 5. The molecule has 0 spiro atoms. The molecule has 1 aromatic heterocycles. The fourth-order valence-corrected chi connectivity index (χ4v) is 5.80. The fraction of sp³-hybridized carbons (Fsp3) is 0.320. The lowest BCUT2D eigenvalue weighted by molar-refractivity contribution is -0.126. The van der Waals surface area contributed by atoms with Gasteiger partial charge in [0.1, 0.15) is 17.3 Å². The van der Waals surface area contributed by atoms with E-state index in [0.29, 0.717) is 38.9 Å². The van der Waals surface area contributed by atoms with E-state index in [9.17, 15) is 4.79 Å². The van der Waals surface area contributed by atoms with E-state index in [-0.39, 0.29) is 11.9 Å². The molecule has 6 nitrogen and oxygen atoms in total. The topological polar surface area (TPSA) is 64.6 Å². The molecule has 1 aliphatic carbocycles. The van der Waals surface area contributed by atoms with Gasteiger partial charge in [-0.05, 0) is 42.0 Å². The number of amides is 1. The van der Waals surface area contributed by atoms with Crippen LogP contribution >= 0.6 is 23.2 Å². The quantitative estimate of drug-likeness (QED) is 0.451. The zero-order valence-corrected chi connectivity index (χ0v) is 19.9. The lowest BCUT2D eigenvalue weighted by Crippen LogP contribution is -2.42. The number of nitrogens with zero attached hydrogens (tertiary/aromatic N) is 3. The molecular weight excluding hydrogens is 461 g/mol. The molecule has 170 valence electrons. The van der Waals surface area contributed by atoms with Crippen LogP contribution in [-0.4, -0.2) is 47.6 Å². The van der Waals surface area contributed by atoms with E-state index >= 15 is 0 Å². The minimum Gasteiger partial charge on any atom is -0.495 e. The molecule has 33 heavy (non-hydrogen) atoms. The van der Waals surface area contributed by atoms with E-state index in [1.54, 1.807) is 20.3 Å². The maximum atomic E-state index is 12.0. The van der Waals surface area contributed by atoms with Crippen molar-refractivity contribution in [3.63, 3.8) is 0 Å². The van der Waals surface area contributed by atoms with Crippen LogP contribution in [0.15, 0.2) is 43.1 Å². The maximum absolute atomic E-state index is 12.0. The summed E-state index contributed by atoms with van der Waals surface area (Å²) in [6, 6.07) is 7.78. The first kappa shape index (κ1) is 22.0. The van der Waals surface area contributed by atoms with Gasteiger partial charge in [0.05, 0.1) is 29.8 Å². The van der Waals surface area contributed by atoms with Gasteiger partial charge in [0.2, 0.25) is 5.91 Å². The Morgan fingerprint density at radius 1 is 1.21 bits per heavy atom. The largest absolute Gasteiger partial charge is 0.495 e. The van der Waals surface area contributed by atoms with Crippen LogP contribution in [0.2, 0.25) is 10.0 Å². The number of halogens is 2. The summed E-state index contributed by atoms with van der Waals surface area (Å²) in [6.45, 7) is 4.42. The SMILES string of the molecule is C=CC(=O)N1C[C@@H]2C[C@H]1[C@@H]2Cc1ncc2cc(-c3c(Cl)c(OC)cc(OC)c3Cl)ccc2n1. The molecule has 2 aromatic carbocycles. The van der Waals surface area contributed by atoms with E-state index < -0.39 is 0 Å². The molecule has 0 N–H and O–H groups in total. The molecule has 3 heterocycles. The van der Waals surface area contributed by atoms with Gasteiger partial charge in [-0.25, -0.2) is 9.97 Å². The molecule has 2 saturated heterocycles. The molecule has 2 bridgehead atoms. The maximum Gasteiger partial charge on any atom is 0.246 e. The summed E-state index contributed by atoms with van der Waals surface area (Å²) in [5, 5.41) is 1.71. The van der Waals surface area contributed by atoms with Crippen molar-refractivity contribution >= 4 is 40.0 Å². The molecule has 3 aromatic rings. The third kappa shape index (κ3) is 3.62. The number of carbonyl (C=O) groups is 1. The highest BCUT2D eigenvalue weighted by Crippen LogP contribution is 2.48. The summed E-state index contributed by atoms with van der Waals surface area (Å²) in [5.41, 5.74) is 2.30. The van der Waals surface area contributed by atoms with Gasteiger partial charge in [-0.15, -0.1) is 0 Å². The Bertz CT molecular complexity index is 1250. The average Bonchev–Trinajstić information content (AvgIpc) is 3.42. The Morgan fingerprint density at radius 2 is 1.94 bits per heavy atom. The summed E-state index contributed by atoms with van der Waals surface area (Å²) >= 11 is 13.2. The van der Waals surface area contributed by atoms with Gasteiger partial charge in [0, 0.05) is 42.2 Å². The Labute approximate surface area is 202 Å². The zero-order chi connectivity index (χ0) is 23.3. The first-order valence-electron chi connectivity index (χ1n) is 10.7. The van der Waals surface area contributed by atoms with Crippen LogP contribution in [-0.2, 0) is 11.2 Å². The molecule has 2 aliphatic heterocycles. The monoisotopic (exact) mass is 483 g/mol. The predicted octanol–water partition coefficient (Wildman–Crippen LogP) is 5.20. The summed E-state index contributed by atoms with van der Waals surface area (Å²) in [7, 11) is 3.10. The van der Waals surface area contributed by atoms with E-state index in [4.69, 9.17) is 37.7 Å². The van der Waals surface area contributed by atoms with Crippen LogP contribution in [0, 0.1) is 11.8 Å². The molecule has 1 amide bonds. The van der Waals surface area contributed by atoms with Gasteiger partial charge >= 0.3 is 0 Å². The molecular formula is C25H23Cl2N3O3. The highest BCUT2D eigenvalue weighted by molar-refractivity contribution is 6.41. The van der Waals surface area contributed by atoms with Crippen molar-refractivity contribution in [1.82, 2.24) is 14.9 Å². The number of ether oxygens (including phenoxy) is 2. The van der Waals surface area contributed by atoms with E-state index in [2.05, 4.69) is 11.6 Å². The Morgan fingerprint density at radius 3 is 2.61 bits per heavy atom. The van der Waals surface area contributed by atoms with Crippen LogP contribution in [0.5, 0.6) is 11.5 Å². The van der Waals surface area contributed by atoms with E-state index in [0.717, 1.165) is 41.7 Å². The molecule has 3 atom stereocenters. The molecule has 8 heteroatoms. The molecule has 1 saturated carbocycles. The third-order valence-electron chi connectivity index (χ3n) is 6.84. The van der Waals surface area contributed by atoms with Crippen LogP contribution in [0.4, 0.5) is 0 Å². The van der Waals surface area contributed by atoms with Gasteiger partial charge < -0.3 is 14.4 Å². The van der Waals surface area contributed by atoms with Crippen molar-refractivity contribution < 1.29 is 14.3 Å². The predicted molar refractivity (Wildman–Crippen MR) is 129 cm³/mol. The molecule has 6 rings (SSSR count). The molecule has 3 fully saturated rings. The van der Waals surface area contributed by atoms with E-state index in [1.807, 2.05) is 29.3 Å². The summed E-state index contributed by atoms with van der Waals surface area (Å²) in [6.07, 6.45) is 5.05. The lowest BCUT2D eigenvalue weighted by atomic mass is 9.72. The second-order valence-corrected chi connectivity index (χ2v) is 9.23. The van der Waals surface area contributed by atoms with Gasteiger partial charge in [-0.1, -0.05) is 35.8 Å². The number of hydrogen-bond donors (Lipinski definition) is 0. The van der Waals surface area contributed by atoms with Crippen molar-refractivity contribution in [1.29, 1.82) is 0 Å². The summed E-state index contributed by atoms with van der Waals surface area (Å²) in [5.74, 6) is 2.71. The summed E-state index contributed by atoms with van der Waals surface area (Å²) < 4.78 is 10.8. The highest BCUT2D eigenvalue weighted by atomic mass is 35.5. The van der Waals surface area contributed by atoms with Crippen molar-refractivity contribution in [2.75, 3.05) is 20.8 Å². The Kier molecular flexibility index (Phi) is 5.67. The number of rotatable bonds is 6. The zero-order valence-electron chi connectivity index (χ0n) is 18.3. The molecule has 3 aliphatic rings. The first-order valence-corrected chi connectivity index (χ1v) is 11.5. The second-order valence-electron chi connectivity index (χ2n) is 8.47. The first-order chi connectivity index (χ1) is 15.9. The van der Waals surface area contributed by atoms with Crippen LogP contribution in [0.25, 0.3) is 22.0 Å². The van der Waals surface area contributed by atoms with Crippen molar-refractivity contribution in [3.05, 3.63) is 59.0 Å². The summed E-state index contributed by atoms with van der Waals surface area (Å²) in [4.78, 5) is 23.4. The smallest absolute Gasteiger partial charge is 0.246 e. The standard InChI is InChI=1S/C25H23Cl2N3O3/c1-4-22(31)30-12-15-8-18(30)16(15)9-21-28-11-14-7-13(5-6-17(14)29-21)23-24(26)19(32-2)10-20(33-3)25(23)27/h4-7,10-11,15-16,18H,1,8-9,12H2,2-3H3/t15-,16+,18-/m0/s1. The van der Waals surface area contributed by atoms with Crippen LogP contribution in [0.3, 0.4) is 0 Å². The Balaban J connectivity index is 1.43. The number of fused-ring (bicyclic) bond motifs is 2. The van der Waals surface area contributed by atoms with Crippen molar-refractivity contribution in [2.24, 2.45) is 11.8 Å². The van der Waals surface area contributed by atoms with Gasteiger partial charge in [-0.2, -0.15) is 0 Å². The Hall–Kier alpha value is -2.83. The normalized spacial score (nSPS) is 21.1. The van der Waals surface area contributed by atoms with Gasteiger partial charge in [0.15, 0.2) is 0 Å². The van der Waals surface area contributed by atoms with Crippen LogP contribution in [0.1, 0.15) is 12.2 Å². The molecule has 0 unspecified atom stereocenters. The number of carbonyl (C=O) groups excluding carboxylic acids is 1. The van der Waals surface area contributed by atoms with Crippen molar-refractivity contribution in [3.8, 4) is 22.6 Å². The minimum atomic E-state index is 0.0171. The number of aromatic nitrogens is 2. The second kappa shape index (κ2) is 8.50. The highest BCUT2D eigenvalue weighted by Gasteiger charge is 2.53. The molecule has 0 radical (unpaired) electrons. The third-order valence-corrected chi connectivity index (χ3v) is 7.59. The lowest BCUT2D eigenvalue weighted by Gasteiger charge is -2.35. The number of methoxy groups -OCH3 is 2. The van der Waals surface area contributed by atoms with Crippen molar-refractivity contribution in [2.45, 2.75) is 18.9 Å². The fourth-order valence-electron chi connectivity index (χ4n) is 5.08. The number of benzene rings is 2. The van der Waals surface area contributed by atoms with E-state index in [1.165, 1.54) is 6.08 Å². The van der Waals surface area contributed by atoms with Crippen LogP contribution < -0.4 is 9.47 Å². The minimum absolute atomic E-state index is 0.0171. The van der Waals surface area contributed by atoms with Gasteiger partial charge in [-0.3, -0.25) is 4.79 Å². The average molecular weight is 484 g/mol. The van der Waals surface area contributed by atoms with Gasteiger partial charge in [0.25, 0.3) is 0 Å².